The largest absolute Gasteiger partial charge is 0.444 e. The third-order valence-electron chi connectivity index (χ3n) is 4.27. The number of carbonyl (C=O) groups is 1. The van der Waals surface area contributed by atoms with Crippen molar-refractivity contribution in [3.05, 3.63) is 0 Å². The van der Waals surface area contributed by atoms with Crippen molar-refractivity contribution >= 4 is 6.09 Å². The summed E-state index contributed by atoms with van der Waals surface area (Å²) in [5.41, 5.74) is -1.16. The predicted octanol–water partition coefficient (Wildman–Crippen LogP) is 0.652. The van der Waals surface area contributed by atoms with Gasteiger partial charge in [0.05, 0.1) is 5.60 Å². The van der Waals surface area contributed by atoms with Crippen LogP contribution in [0.2, 0.25) is 0 Å². The highest BCUT2D eigenvalue weighted by molar-refractivity contribution is 5.68. The number of amides is 1. The number of nitrogens with zero attached hydrogens (tertiary/aromatic N) is 2. The van der Waals surface area contributed by atoms with Gasteiger partial charge < -0.3 is 20.1 Å². The van der Waals surface area contributed by atoms with Gasteiger partial charge in [-0.05, 0) is 40.7 Å². The van der Waals surface area contributed by atoms with Crippen LogP contribution in [0.1, 0.15) is 33.6 Å². The fourth-order valence-corrected chi connectivity index (χ4v) is 2.77. The minimum Gasteiger partial charge on any atom is -0.444 e. The Balaban J connectivity index is 1.80. The minimum absolute atomic E-state index is 0.277. The Labute approximate surface area is 127 Å². The molecule has 2 rings (SSSR count). The lowest BCUT2D eigenvalue weighted by atomic mass is 9.90. The molecule has 0 unspecified atom stereocenters. The summed E-state index contributed by atoms with van der Waals surface area (Å²) in [7, 11) is 2.06. The summed E-state index contributed by atoms with van der Waals surface area (Å²) in [5.74, 6) is 0. The second kappa shape index (κ2) is 6.10. The van der Waals surface area contributed by atoms with Gasteiger partial charge >= 0.3 is 6.09 Å². The van der Waals surface area contributed by atoms with Gasteiger partial charge in [-0.3, -0.25) is 4.90 Å². The molecule has 21 heavy (non-hydrogen) atoms. The number of aliphatic hydroxyl groups is 1. The summed E-state index contributed by atoms with van der Waals surface area (Å²) >= 11 is 0. The maximum atomic E-state index is 12.0. The first-order valence-corrected chi connectivity index (χ1v) is 7.80. The smallest absolute Gasteiger partial charge is 0.410 e. The summed E-state index contributed by atoms with van der Waals surface area (Å²) in [4.78, 5) is 15.9. The highest BCUT2D eigenvalue weighted by Gasteiger charge is 2.37. The van der Waals surface area contributed by atoms with Crippen molar-refractivity contribution in [2.45, 2.75) is 50.9 Å². The second-order valence-electron chi connectivity index (χ2n) is 7.42. The van der Waals surface area contributed by atoms with Gasteiger partial charge in [0.15, 0.2) is 0 Å². The highest BCUT2D eigenvalue weighted by atomic mass is 16.6. The average molecular weight is 299 g/mol. The van der Waals surface area contributed by atoms with Crippen molar-refractivity contribution in [1.82, 2.24) is 15.1 Å². The van der Waals surface area contributed by atoms with E-state index in [4.69, 9.17) is 4.74 Å². The van der Waals surface area contributed by atoms with Gasteiger partial charge in [0.25, 0.3) is 0 Å². The molecule has 0 aliphatic carbocycles. The van der Waals surface area contributed by atoms with E-state index in [0.29, 0.717) is 38.5 Å². The molecule has 0 aromatic carbocycles. The molecule has 0 saturated carbocycles. The van der Waals surface area contributed by atoms with E-state index in [2.05, 4.69) is 17.3 Å². The third kappa shape index (κ3) is 4.56. The van der Waals surface area contributed by atoms with Gasteiger partial charge in [-0.2, -0.15) is 0 Å². The van der Waals surface area contributed by atoms with Gasteiger partial charge in [-0.25, -0.2) is 4.79 Å². The van der Waals surface area contributed by atoms with E-state index < -0.39 is 11.2 Å². The average Bonchev–Trinajstić information content (AvgIpc) is 2.23. The fraction of sp³-hybridized carbons (Fsp3) is 0.933. The molecular formula is C15H29N3O3. The zero-order valence-electron chi connectivity index (χ0n) is 13.7. The Bertz CT molecular complexity index is 369. The Hall–Kier alpha value is -0.850. The molecule has 0 aromatic heterocycles. The van der Waals surface area contributed by atoms with E-state index in [0.717, 1.165) is 13.1 Å². The van der Waals surface area contributed by atoms with Crippen molar-refractivity contribution in [1.29, 1.82) is 0 Å². The minimum atomic E-state index is -0.692. The van der Waals surface area contributed by atoms with Crippen LogP contribution in [0.5, 0.6) is 0 Å². The van der Waals surface area contributed by atoms with E-state index >= 15 is 0 Å². The number of hydrogen-bond donors (Lipinski definition) is 2. The highest BCUT2D eigenvalue weighted by Crippen LogP contribution is 2.25. The molecule has 2 N–H and O–H groups in total. The van der Waals surface area contributed by atoms with Crippen LogP contribution in [0.4, 0.5) is 4.79 Å². The van der Waals surface area contributed by atoms with Crippen LogP contribution in [0.25, 0.3) is 0 Å². The predicted molar refractivity (Wildman–Crippen MR) is 81.3 cm³/mol. The molecule has 0 atom stereocenters. The van der Waals surface area contributed by atoms with Gasteiger partial charge in [-0.15, -0.1) is 0 Å². The van der Waals surface area contributed by atoms with Gasteiger partial charge in [0.1, 0.15) is 5.60 Å². The number of carbonyl (C=O) groups excluding carboxylic acids is 1. The first kappa shape index (κ1) is 16.5. The number of likely N-dealkylation sites (N-methyl/N-ethyl adjacent to an activating group) is 1. The molecule has 1 amide bonds. The molecule has 2 aliphatic rings. The molecule has 6 heteroatoms. The summed E-state index contributed by atoms with van der Waals surface area (Å²) < 4.78 is 5.38. The van der Waals surface area contributed by atoms with Crippen LogP contribution in [0.15, 0.2) is 0 Å². The number of nitrogens with one attached hydrogen (secondary N) is 1. The quantitative estimate of drug-likeness (QED) is 0.801. The Morgan fingerprint density at radius 2 is 1.95 bits per heavy atom. The molecular weight excluding hydrogens is 270 g/mol. The van der Waals surface area contributed by atoms with Crippen LogP contribution < -0.4 is 5.32 Å². The maximum Gasteiger partial charge on any atom is 0.410 e. The summed E-state index contributed by atoms with van der Waals surface area (Å²) in [5, 5.41) is 13.9. The summed E-state index contributed by atoms with van der Waals surface area (Å²) in [6, 6.07) is 0.526. The van der Waals surface area contributed by atoms with E-state index in [9.17, 15) is 9.90 Å². The molecule has 2 heterocycles. The SMILES string of the molecule is CN(CC1(O)CCN(C(=O)OC(C)(C)C)CC1)C1CNC1. The lowest BCUT2D eigenvalue weighted by molar-refractivity contribution is -0.0549. The molecule has 122 valence electrons. The summed E-state index contributed by atoms with van der Waals surface area (Å²) in [6.07, 6.45) is 0.939. The molecule has 2 fully saturated rings. The molecule has 2 saturated heterocycles. The van der Waals surface area contributed by atoms with Crippen molar-refractivity contribution < 1.29 is 14.6 Å². The lowest BCUT2D eigenvalue weighted by Gasteiger charge is -2.44. The number of likely N-dealkylation sites (tertiary alicyclic amines) is 1. The molecule has 0 spiro atoms. The first-order valence-electron chi connectivity index (χ1n) is 7.80. The summed E-state index contributed by atoms with van der Waals surface area (Å²) in [6.45, 7) is 9.38. The van der Waals surface area contributed by atoms with Crippen molar-refractivity contribution in [3.63, 3.8) is 0 Å². The topological polar surface area (TPSA) is 65.0 Å². The lowest BCUT2D eigenvalue weighted by Crippen LogP contribution is -2.60. The molecule has 2 aliphatic heterocycles. The first-order chi connectivity index (χ1) is 9.69. The van der Waals surface area contributed by atoms with Crippen LogP contribution in [-0.2, 0) is 4.74 Å². The van der Waals surface area contributed by atoms with Crippen molar-refractivity contribution in [2.75, 3.05) is 39.8 Å². The van der Waals surface area contributed by atoms with E-state index in [1.54, 1.807) is 4.90 Å². The standard InChI is InChI=1S/C15H29N3O3/c1-14(2,3)21-13(19)18-7-5-15(20,6-8-18)11-17(4)12-9-16-10-12/h12,16,20H,5-11H2,1-4H3. The van der Waals surface area contributed by atoms with Crippen molar-refractivity contribution in [3.8, 4) is 0 Å². The molecule has 0 bridgehead atoms. The monoisotopic (exact) mass is 299 g/mol. The number of piperidine rings is 1. The number of hydrogen-bond acceptors (Lipinski definition) is 5. The molecule has 0 aromatic rings. The van der Waals surface area contributed by atoms with E-state index in [1.807, 2.05) is 20.8 Å². The van der Waals surface area contributed by atoms with Crippen LogP contribution in [-0.4, -0.2) is 78.0 Å². The Kier molecular flexibility index (Phi) is 4.80. The van der Waals surface area contributed by atoms with Gasteiger partial charge in [0.2, 0.25) is 0 Å². The van der Waals surface area contributed by atoms with Gasteiger partial charge in [0, 0.05) is 38.8 Å². The normalized spacial score (nSPS) is 23.0. The van der Waals surface area contributed by atoms with Crippen LogP contribution in [0.3, 0.4) is 0 Å². The second-order valence-corrected chi connectivity index (χ2v) is 7.42. The zero-order valence-corrected chi connectivity index (χ0v) is 13.7. The van der Waals surface area contributed by atoms with Crippen molar-refractivity contribution in [2.24, 2.45) is 0 Å². The molecule has 6 nitrogen and oxygen atoms in total. The number of ether oxygens (including phenoxy) is 1. The Morgan fingerprint density at radius 3 is 2.38 bits per heavy atom. The Morgan fingerprint density at radius 1 is 1.38 bits per heavy atom. The fourth-order valence-electron chi connectivity index (χ4n) is 2.77. The van der Waals surface area contributed by atoms with Crippen LogP contribution >= 0.6 is 0 Å². The van der Waals surface area contributed by atoms with E-state index in [1.165, 1.54) is 0 Å². The van der Waals surface area contributed by atoms with E-state index in [-0.39, 0.29) is 6.09 Å². The van der Waals surface area contributed by atoms with Gasteiger partial charge in [-0.1, -0.05) is 0 Å². The maximum absolute atomic E-state index is 12.0. The number of rotatable bonds is 3. The molecule has 0 radical (unpaired) electrons. The van der Waals surface area contributed by atoms with Crippen LogP contribution in [0, 0.1) is 0 Å². The third-order valence-corrected chi connectivity index (χ3v) is 4.27. The zero-order chi connectivity index (χ0) is 15.7.